The van der Waals surface area contributed by atoms with Crippen LogP contribution < -0.4 is 10.6 Å². The van der Waals surface area contributed by atoms with Crippen molar-refractivity contribution in [2.45, 2.75) is 12.8 Å². The van der Waals surface area contributed by atoms with Crippen LogP contribution in [0, 0.1) is 5.92 Å². The number of halogens is 2. The van der Waals surface area contributed by atoms with Crippen LogP contribution in [-0.2, 0) is 0 Å². The minimum absolute atomic E-state index is 0.565. The van der Waals surface area contributed by atoms with Gasteiger partial charge in [0.25, 0.3) is 0 Å². The van der Waals surface area contributed by atoms with Crippen LogP contribution in [0.1, 0.15) is 12.8 Å². The highest BCUT2D eigenvalue weighted by molar-refractivity contribution is 6.35. The lowest BCUT2D eigenvalue weighted by atomic mass is 10.1. The molecule has 0 bridgehead atoms. The first kappa shape index (κ1) is 12.0. The monoisotopic (exact) mass is 259 g/mol. The van der Waals surface area contributed by atoms with Gasteiger partial charge in [-0.25, -0.2) is 4.98 Å². The van der Waals surface area contributed by atoms with Crippen molar-refractivity contribution in [1.82, 2.24) is 10.3 Å². The minimum atomic E-state index is 0.565. The molecule has 5 heteroatoms. The number of rotatable bonds is 4. The lowest BCUT2D eigenvalue weighted by molar-refractivity contribution is 0.549. The van der Waals surface area contributed by atoms with Crippen molar-refractivity contribution in [3.8, 4) is 0 Å². The number of anilines is 1. The molecule has 1 aliphatic rings. The molecule has 2 rings (SSSR count). The molecule has 1 atom stereocenters. The van der Waals surface area contributed by atoms with Gasteiger partial charge in [-0.2, -0.15) is 0 Å². The van der Waals surface area contributed by atoms with Gasteiger partial charge < -0.3 is 10.6 Å². The number of hydrogen-bond donors (Lipinski definition) is 2. The van der Waals surface area contributed by atoms with Gasteiger partial charge in [-0.3, -0.25) is 0 Å². The zero-order valence-corrected chi connectivity index (χ0v) is 10.5. The SMILES string of the molecule is Clc1cnc(NCCC2CCNC2)c(Cl)c1. The average Bonchev–Trinajstić information content (AvgIpc) is 2.74. The molecule has 88 valence electrons. The first-order chi connectivity index (χ1) is 7.75. The molecule has 2 heterocycles. The molecular formula is C11H15Cl2N3. The van der Waals surface area contributed by atoms with Crippen LogP contribution in [0.4, 0.5) is 5.82 Å². The van der Waals surface area contributed by atoms with E-state index in [4.69, 9.17) is 23.2 Å². The number of nitrogens with one attached hydrogen (secondary N) is 2. The molecule has 0 radical (unpaired) electrons. The largest absolute Gasteiger partial charge is 0.369 e. The fraction of sp³-hybridized carbons (Fsp3) is 0.545. The molecule has 0 amide bonds. The van der Waals surface area contributed by atoms with Crippen molar-refractivity contribution in [3.63, 3.8) is 0 Å². The summed E-state index contributed by atoms with van der Waals surface area (Å²) < 4.78 is 0. The quantitative estimate of drug-likeness (QED) is 0.874. The van der Waals surface area contributed by atoms with Crippen molar-refractivity contribution in [3.05, 3.63) is 22.3 Å². The Balaban J connectivity index is 1.80. The molecule has 1 aromatic rings. The van der Waals surface area contributed by atoms with Crippen LogP contribution in [0.2, 0.25) is 10.0 Å². The van der Waals surface area contributed by atoms with Crippen LogP contribution in [-0.4, -0.2) is 24.6 Å². The number of hydrogen-bond acceptors (Lipinski definition) is 3. The van der Waals surface area contributed by atoms with Crippen LogP contribution in [0.3, 0.4) is 0 Å². The molecule has 0 spiro atoms. The van der Waals surface area contributed by atoms with Gasteiger partial charge in [0.15, 0.2) is 0 Å². The highest BCUT2D eigenvalue weighted by Crippen LogP contribution is 2.22. The standard InChI is InChI=1S/C11H15Cl2N3/c12-9-5-10(13)11(16-7-9)15-4-2-8-1-3-14-6-8/h5,7-8,14H,1-4,6H2,(H,15,16). The predicted octanol–water partition coefficient (Wildman–Crippen LogP) is 2.80. The first-order valence-electron chi connectivity index (χ1n) is 5.51. The van der Waals surface area contributed by atoms with Gasteiger partial charge in [-0.05, 0) is 37.9 Å². The minimum Gasteiger partial charge on any atom is -0.369 e. The molecule has 0 saturated carbocycles. The van der Waals surface area contributed by atoms with Crippen molar-refractivity contribution >= 4 is 29.0 Å². The first-order valence-corrected chi connectivity index (χ1v) is 6.27. The lowest BCUT2D eigenvalue weighted by Gasteiger charge is -2.10. The molecule has 1 fully saturated rings. The van der Waals surface area contributed by atoms with E-state index in [0.29, 0.717) is 10.0 Å². The molecule has 16 heavy (non-hydrogen) atoms. The van der Waals surface area contributed by atoms with Crippen molar-refractivity contribution in [1.29, 1.82) is 0 Å². The van der Waals surface area contributed by atoms with Crippen LogP contribution in [0.5, 0.6) is 0 Å². The van der Waals surface area contributed by atoms with Gasteiger partial charge in [0, 0.05) is 12.7 Å². The number of pyridine rings is 1. The third-order valence-electron chi connectivity index (χ3n) is 2.82. The summed E-state index contributed by atoms with van der Waals surface area (Å²) in [4.78, 5) is 4.15. The molecule has 1 unspecified atom stereocenters. The Morgan fingerprint density at radius 1 is 1.50 bits per heavy atom. The summed E-state index contributed by atoms with van der Waals surface area (Å²) in [5.41, 5.74) is 0. The Morgan fingerprint density at radius 2 is 2.38 bits per heavy atom. The van der Waals surface area contributed by atoms with E-state index in [1.807, 2.05) is 0 Å². The van der Waals surface area contributed by atoms with E-state index >= 15 is 0 Å². The Morgan fingerprint density at radius 3 is 3.06 bits per heavy atom. The van der Waals surface area contributed by atoms with E-state index in [1.165, 1.54) is 6.42 Å². The van der Waals surface area contributed by atoms with E-state index in [2.05, 4.69) is 15.6 Å². The number of aromatic nitrogens is 1. The summed E-state index contributed by atoms with van der Waals surface area (Å²) in [7, 11) is 0. The number of nitrogens with zero attached hydrogens (tertiary/aromatic N) is 1. The molecule has 1 aliphatic heterocycles. The van der Waals surface area contributed by atoms with Crippen LogP contribution in [0.25, 0.3) is 0 Å². The van der Waals surface area contributed by atoms with E-state index in [0.717, 1.165) is 37.8 Å². The normalized spacial score (nSPS) is 20.0. The maximum absolute atomic E-state index is 6.00. The van der Waals surface area contributed by atoms with Crippen molar-refractivity contribution < 1.29 is 0 Å². The van der Waals surface area contributed by atoms with E-state index in [-0.39, 0.29) is 0 Å². The Bertz CT molecular complexity index is 351. The van der Waals surface area contributed by atoms with Crippen molar-refractivity contribution in [2.24, 2.45) is 5.92 Å². The average molecular weight is 260 g/mol. The fourth-order valence-electron chi connectivity index (χ4n) is 1.90. The zero-order valence-electron chi connectivity index (χ0n) is 8.97. The maximum atomic E-state index is 6.00. The zero-order chi connectivity index (χ0) is 11.4. The third kappa shape index (κ3) is 3.24. The molecular weight excluding hydrogens is 245 g/mol. The summed E-state index contributed by atoms with van der Waals surface area (Å²) in [6.07, 6.45) is 4.02. The molecule has 3 nitrogen and oxygen atoms in total. The van der Waals surface area contributed by atoms with Gasteiger partial charge in [-0.1, -0.05) is 23.2 Å². The summed E-state index contributed by atoms with van der Waals surface area (Å²) in [6, 6.07) is 1.70. The van der Waals surface area contributed by atoms with Crippen LogP contribution >= 0.6 is 23.2 Å². The summed E-state index contributed by atoms with van der Waals surface area (Å²) in [5, 5.41) is 7.74. The van der Waals surface area contributed by atoms with E-state index < -0.39 is 0 Å². The smallest absolute Gasteiger partial charge is 0.144 e. The molecule has 2 N–H and O–H groups in total. The van der Waals surface area contributed by atoms with E-state index in [9.17, 15) is 0 Å². The van der Waals surface area contributed by atoms with E-state index in [1.54, 1.807) is 12.3 Å². The summed E-state index contributed by atoms with van der Waals surface area (Å²) in [6.45, 7) is 3.18. The Hall–Kier alpha value is -0.510. The third-order valence-corrected chi connectivity index (χ3v) is 3.31. The fourth-order valence-corrected chi connectivity index (χ4v) is 2.35. The predicted molar refractivity (Wildman–Crippen MR) is 68.3 cm³/mol. The highest BCUT2D eigenvalue weighted by atomic mass is 35.5. The lowest BCUT2D eigenvalue weighted by Crippen LogP contribution is -2.13. The van der Waals surface area contributed by atoms with Gasteiger partial charge in [0.2, 0.25) is 0 Å². The second-order valence-corrected chi connectivity index (χ2v) is 4.90. The second kappa shape index (κ2) is 5.71. The molecule has 1 saturated heterocycles. The Kier molecular flexibility index (Phi) is 4.27. The topological polar surface area (TPSA) is 37.0 Å². The van der Waals surface area contributed by atoms with Gasteiger partial charge in [0.05, 0.1) is 10.0 Å². The second-order valence-electron chi connectivity index (χ2n) is 4.06. The van der Waals surface area contributed by atoms with Gasteiger partial charge in [-0.15, -0.1) is 0 Å². The van der Waals surface area contributed by atoms with Crippen LogP contribution in [0.15, 0.2) is 12.3 Å². The molecule has 1 aromatic heterocycles. The van der Waals surface area contributed by atoms with Gasteiger partial charge in [0.1, 0.15) is 5.82 Å². The Labute approximate surface area is 106 Å². The van der Waals surface area contributed by atoms with Crippen molar-refractivity contribution in [2.75, 3.05) is 25.0 Å². The summed E-state index contributed by atoms with van der Waals surface area (Å²) >= 11 is 11.8. The maximum Gasteiger partial charge on any atom is 0.144 e. The highest BCUT2D eigenvalue weighted by Gasteiger charge is 2.13. The molecule has 0 aromatic carbocycles. The molecule has 0 aliphatic carbocycles. The summed E-state index contributed by atoms with van der Waals surface area (Å²) in [5.74, 6) is 1.50. The van der Waals surface area contributed by atoms with Gasteiger partial charge >= 0.3 is 0 Å².